The zero-order valence-electron chi connectivity index (χ0n) is 14.6. The van der Waals surface area contributed by atoms with Crippen molar-refractivity contribution < 1.29 is 8.85 Å². The van der Waals surface area contributed by atoms with Gasteiger partial charge in [0.15, 0.2) is 16.6 Å². The van der Waals surface area contributed by atoms with E-state index in [0.29, 0.717) is 6.61 Å². The lowest BCUT2D eigenvalue weighted by Crippen LogP contribution is -2.58. The summed E-state index contributed by atoms with van der Waals surface area (Å²) in [5.74, 6) is 0. The van der Waals surface area contributed by atoms with Crippen molar-refractivity contribution in [2.75, 3.05) is 6.61 Å². The summed E-state index contributed by atoms with van der Waals surface area (Å²) < 4.78 is 14.5. The Kier molecular flexibility index (Phi) is 4.72. The molecule has 1 saturated heterocycles. The Hall–Kier alpha value is -1.24. The van der Waals surface area contributed by atoms with E-state index in [4.69, 9.17) is 8.85 Å². The molecule has 0 spiro atoms. The number of nitrogens with zero attached hydrogens (tertiary/aromatic N) is 3. The van der Waals surface area contributed by atoms with Crippen LogP contribution in [0.3, 0.4) is 0 Å². The molecule has 1 aliphatic heterocycles. The van der Waals surface area contributed by atoms with Crippen LogP contribution in [-0.2, 0) is 28.6 Å². The van der Waals surface area contributed by atoms with Crippen LogP contribution in [-0.4, -0.2) is 43.0 Å². The van der Waals surface area contributed by atoms with Gasteiger partial charge in [-0.15, -0.1) is 0 Å². The van der Waals surface area contributed by atoms with Crippen molar-refractivity contribution >= 4 is 16.6 Å². The summed E-state index contributed by atoms with van der Waals surface area (Å²) in [7, 11) is -2.66. The maximum Gasteiger partial charge on any atom is 0.336 e. The Balaban J connectivity index is 2.46. The third-order valence-corrected chi connectivity index (χ3v) is 9.15. The minimum atomic E-state index is -2.27. The van der Waals surface area contributed by atoms with Crippen LogP contribution in [0.4, 0.5) is 0 Å². The number of epoxide rings is 1. The standard InChI is InChI=1S/C13H25N3O5Si2/c1-14-11(17)15(7-10-8-20-10)13(19)16(12(14)18)9-23(5,6)21-22(2,3)4/h10H,7-9H2,1-6H3. The first kappa shape index (κ1) is 18.1. The fourth-order valence-corrected chi connectivity index (χ4v) is 10.6. The van der Waals surface area contributed by atoms with E-state index in [9.17, 15) is 14.4 Å². The highest BCUT2D eigenvalue weighted by molar-refractivity contribution is 6.83. The number of hydrogen-bond acceptors (Lipinski definition) is 5. The minimum absolute atomic E-state index is 0.116. The lowest BCUT2D eigenvalue weighted by molar-refractivity contribution is 0.363. The molecule has 0 bridgehead atoms. The molecule has 0 saturated carbocycles. The topological polar surface area (TPSA) is 87.8 Å². The van der Waals surface area contributed by atoms with Crippen LogP contribution in [0.5, 0.6) is 0 Å². The van der Waals surface area contributed by atoms with Gasteiger partial charge in [0.05, 0.1) is 25.4 Å². The lowest BCUT2D eigenvalue weighted by Gasteiger charge is -2.31. The summed E-state index contributed by atoms with van der Waals surface area (Å²) in [5, 5.41) is 0. The van der Waals surface area contributed by atoms with E-state index in [2.05, 4.69) is 19.6 Å². The second kappa shape index (κ2) is 6.00. The van der Waals surface area contributed by atoms with Gasteiger partial charge in [0.2, 0.25) is 0 Å². The zero-order valence-corrected chi connectivity index (χ0v) is 16.6. The fraction of sp³-hybridized carbons (Fsp3) is 0.769. The third-order valence-electron chi connectivity index (χ3n) is 3.41. The second-order valence-electron chi connectivity index (χ2n) is 7.53. The molecule has 0 amide bonds. The molecular weight excluding hydrogens is 334 g/mol. The van der Waals surface area contributed by atoms with E-state index in [1.54, 1.807) is 0 Å². The number of aromatic nitrogens is 3. The molecule has 1 fully saturated rings. The van der Waals surface area contributed by atoms with Crippen LogP contribution < -0.4 is 17.1 Å². The molecule has 23 heavy (non-hydrogen) atoms. The lowest BCUT2D eigenvalue weighted by atomic mass is 10.5. The van der Waals surface area contributed by atoms with Crippen LogP contribution in [0, 0.1) is 0 Å². The van der Waals surface area contributed by atoms with E-state index in [1.165, 1.54) is 7.05 Å². The van der Waals surface area contributed by atoms with Crippen LogP contribution in [0.1, 0.15) is 0 Å². The van der Waals surface area contributed by atoms with E-state index in [-0.39, 0.29) is 18.8 Å². The van der Waals surface area contributed by atoms with Gasteiger partial charge in [-0.05, 0) is 32.7 Å². The van der Waals surface area contributed by atoms with Crippen molar-refractivity contribution in [1.29, 1.82) is 0 Å². The molecule has 1 unspecified atom stereocenters. The SMILES string of the molecule is Cn1c(=O)n(CC2CO2)c(=O)n(C[Si](C)(C)O[Si](C)(C)C)c1=O. The normalized spacial score (nSPS) is 18.3. The summed E-state index contributed by atoms with van der Waals surface area (Å²) >= 11 is 0. The third kappa shape index (κ3) is 4.40. The van der Waals surface area contributed by atoms with Gasteiger partial charge in [-0.3, -0.25) is 0 Å². The summed E-state index contributed by atoms with van der Waals surface area (Å²) in [6.45, 7) is 10.9. The van der Waals surface area contributed by atoms with Crippen LogP contribution >= 0.6 is 0 Å². The number of rotatable bonds is 6. The molecule has 0 aromatic carbocycles. The van der Waals surface area contributed by atoms with E-state index >= 15 is 0 Å². The Morgan fingerprint density at radius 3 is 2.04 bits per heavy atom. The average molecular weight is 360 g/mol. The fourth-order valence-electron chi connectivity index (χ4n) is 2.66. The molecule has 2 rings (SSSR count). The maximum atomic E-state index is 12.6. The molecule has 1 atom stereocenters. The van der Waals surface area contributed by atoms with Gasteiger partial charge in [-0.1, -0.05) is 0 Å². The van der Waals surface area contributed by atoms with E-state index < -0.39 is 33.7 Å². The molecule has 8 nitrogen and oxygen atoms in total. The largest absolute Gasteiger partial charge is 0.455 e. The monoisotopic (exact) mass is 359 g/mol. The summed E-state index contributed by atoms with van der Waals surface area (Å²) in [6, 6.07) is 0. The first-order valence-corrected chi connectivity index (χ1v) is 14.2. The van der Waals surface area contributed by atoms with Gasteiger partial charge in [0.25, 0.3) is 0 Å². The van der Waals surface area contributed by atoms with Crippen LogP contribution in [0.15, 0.2) is 14.4 Å². The Morgan fingerprint density at radius 2 is 1.57 bits per heavy atom. The van der Waals surface area contributed by atoms with Gasteiger partial charge in [0, 0.05) is 7.05 Å². The molecule has 0 aliphatic carbocycles. The quantitative estimate of drug-likeness (QED) is 0.514. The van der Waals surface area contributed by atoms with Gasteiger partial charge in [0.1, 0.15) is 0 Å². The van der Waals surface area contributed by atoms with Crippen molar-refractivity contribution in [2.45, 2.75) is 51.6 Å². The Morgan fingerprint density at radius 1 is 1.04 bits per heavy atom. The first-order valence-electron chi connectivity index (χ1n) is 7.64. The predicted octanol–water partition coefficient (Wildman–Crippen LogP) is -0.297. The average Bonchev–Trinajstić information content (AvgIpc) is 3.19. The van der Waals surface area contributed by atoms with Gasteiger partial charge in [-0.25, -0.2) is 28.1 Å². The predicted molar refractivity (Wildman–Crippen MR) is 91.9 cm³/mol. The van der Waals surface area contributed by atoms with Crippen molar-refractivity contribution in [2.24, 2.45) is 7.05 Å². The number of ether oxygens (including phenoxy) is 1. The molecule has 1 aromatic heterocycles. The van der Waals surface area contributed by atoms with Crippen LogP contribution in [0.2, 0.25) is 32.7 Å². The highest BCUT2D eigenvalue weighted by Crippen LogP contribution is 2.15. The molecule has 2 heterocycles. The van der Waals surface area contributed by atoms with Crippen molar-refractivity contribution in [3.63, 3.8) is 0 Å². The van der Waals surface area contributed by atoms with Gasteiger partial charge < -0.3 is 8.85 Å². The molecule has 0 N–H and O–H groups in total. The summed E-state index contributed by atoms with van der Waals surface area (Å²) in [4.78, 5) is 37.1. The number of hydrogen-bond donors (Lipinski definition) is 0. The Labute approximate surface area is 136 Å². The van der Waals surface area contributed by atoms with Gasteiger partial charge >= 0.3 is 17.1 Å². The highest BCUT2D eigenvalue weighted by atomic mass is 28.4. The first-order chi connectivity index (χ1) is 10.4. The molecule has 130 valence electrons. The second-order valence-corrected chi connectivity index (χ2v) is 16.4. The maximum absolute atomic E-state index is 12.6. The molecule has 10 heteroatoms. The van der Waals surface area contributed by atoms with Crippen molar-refractivity contribution in [3.8, 4) is 0 Å². The summed E-state index contributed by atoms with van der Waals surface area (Å²) in [5.41, 5.74) is -1.77. The van der Waals surface area contributed by atoms with Crippen molar-refractivity contribution in [3.05, 3.63) is 31.5 Å². The molecule has 0 radical (unpaired) electrons. The highest BCUT2D eigenvalue weighted by Gasteiger charge is 2.32. The molecule has 1 aliphatic rings. The van der Waals surface area contributed by atoms with E-state index in [0.717, 1.165) is 13.7 Å². The molecular formula is C13H25N3O5Si2. The minimum Gasteiger partial charge on any atom is -0.455 e. The van der Waals surface area contributed by atoms with Crippen LogP contribution in [0.25, 0.3) is 0 Å². The molecule has 1 aromatic rings. The summed E-state index contributed by atoms with van der Waals surface area (Å²) in [6.07, 6.45) is 0.115. The Bertz CT molecular complexity index is 768. The zero-order chi connectivity index (χ0) is 17.6. The smallest absolute Gasteiger partial charge is 0.336 e. The van der Waals surface area contributed by atoms with Crippen molar-refractivity contribution in [1.82, 2.24) is 13.7 Å². The van der Waals surface area contributed by atoms with Gasteiger partial charge in [-0.2, -0.15) is 0 Å². The van der Waals surface area contributed by atoms with E-state index in [1.807, 2.05) is 13.1 Å².